The van der Waals surface area contributed by atoms with Crippen molar-refractivity contribution in [1.29, 1.82) is 0 Å². The van der Waals surface area contributed by atoms with E-state index in [2.05, 4.69) is 50.2 Å². The number of hydrogen-bond acceptors (Lipinski definition) is 3. The Morgan fingerprint density at radius 2 is 1.66 bits per heavy atom. The molecule has 0 aliphatic carbocycles. The van der Waals surface area contributed by atoms with Crippen LogP contribution in [0.3, 0.4) is 0 Å². The number of likely N-dealkylation sites (tertiary alicyclic amines) is 1. The first kappa shape index (κ1) is 22.7. The van der Waals surface area contributed by atoms with Crippen LogP contribution in [0.5, 0.6) is 0 Å². The first-order valence-electron chi connectivity index (χ1n) is 10.4. The zero-order chi connectivity index (χ0) is 21.4. The van der Waals surface area contributed by atoms with Crippen LogP contribution in [0.1, 0.15) is 36.7 Å². The normalized spacial score (nSPS) is 18.1. The maximum absolute atomic E-state index is 10.9. The number of carbonyl (C=O) groups excluding carboxylic acids is 1. The van der Waals surface area contributed by atoms with Gasteiger partial charge in [-0.3, -0.25) is 4.79 Å². The smallest absolute Gasteiger partial charge is 0.209 e. The SMILES string of the molecule is CC.Cc1cc2ccccc2o1.Cc1ccc(C2CN(C=O)CC2N(C)C)cc1. The van der Waals surface area contributed by atoms with E-state index in [-0.39, 0.29) is 0 Å². The van der Waals surface area contributed by atoms with Gasteiger partial charge in [-0.15, -0.1) is 0 Å². The highest BCUT2D eigenvalue weighted by atomic mass is 16.3. The lowest BCUT2D eigenvalue weighted by Crippen LogP contribution is -2.34. The van der Waals surface area contributed by atoms with Crippen LogP contribution in [0.4, 0.5) is 0 Å². The minimum absolute atomic E-state index is 0.419. The molecule has 0 saturated carbocycles. The van der Waals surface area contributed by atoms with Crippen LogP contribution < -0.4 is 0 Å². The number of benzene rings is 2. The van der Waals surface area contributed by atoms with Crippen molar-refractivity contribution in [2.75, 3.05) is 27.2 Å². The molecule has 2 atom stereocenters. The number of likely N-dealkylation sites (N-methyl/N-ethyl adjacent to an activating group) is 1. The van der Waals surface area contributed by atoms with Crippen molar-refractivity contribution in [2.24, 2.45) is 0 Å². The summed E-state index contributed by atoms with van der Waals surface area (Å²) in [5.74, 6) is 1.40. The molecule has 2 aromatic carbocycles. The summed E-state index contributed by atoms with van der Waals surface area (Å²) in [6, 6.07) is 19.1. The van der Waals surface area contributed by atoms with Gasteiger partial charge < -0.3 is 14.2 Å². The van der Waals surface area contributed by atoms with Gasteiger partial charge in [-0.1, -0.05) is 61.9 Å². The van der Waals surface area contributed by atoms with E-state index in [0.29, 0.717) is 12.0 Å². The lowest BCUT2D eigenvalue weighted by Gasteiger charge is -2.25. The van der Waals surface area contributed by atoms with Crippen molar-refractivity contribution < 1.29 is 9.21 Å². The van der Waals surface area contributed by atoms with E-state index in [1.165, 1.54) is 16.5 Å². The summed E-state index contributed by atoms with van der Waals surface area (Å²) in [7, 11) is 4.17. The number of furan rings is 1. The molecule has 3 aromatic rings. The summed E-state index contributed by atoms with van der Waals surface area (Å²) in [5, 5.41) is 1.18. The van der Waals surface area contributed by atoms with Crippen LogP contribution in [-0.4, -0.2) is 49.4 Å². The van der Waals surface area contributed by atoms with Crippen molar-refractivity contribution >= 4 is 17.4 Å². The van der Waals surface area contributed by atoms with Gasteiger partial charge in [0.05, 0.1) is 0 Å². The quantitative estimate of drug-likeness (QED) is 0.570. The molecule has 1 fully saturated rings. The Labute approximate surface area is 175 Å². The van der Waals surface area contributed by atoms with Crippen molar-refractivity contribution in [1.82, 2.24) is 9.80 Å². The van der Waals surface area contributed by atoms with Crippen molar-refractivity contribution in [2.45, 2.75) is 39.7 Å². The molecule has 1 aliphatic heterocycles. The van der Waals surface area contributed by atoms with Crippen molar-refractivity contribution in [3.63, 3.8) is 0 Å². The fourth-order valence-electron chi connectivity index (χ4n) is 3.68. The van der Waals surface area contributed by atoms with E-state index in [9.17, 15) is 4.79 Å². The Morgan fingerprint density at radius 3 is 2.24 bits per heavy atom. The molecule has 29 heavy (non-hydrogen) atoms. The van der Waals surface area contributed by atoms with Crippen LogP contribution in [-0.2, 0) is 4.79 Å². The fourth-order valence-corrected chi connectivity index (χ4v) is 3.68. The second-order valence-electron chi connectivity index (χ2n) is 7.50. The highest BCUT2D eigenvalue weighted by Gasteiger charge is 2.34. The number of fused-ring (bicyclic) bond motifs is 1. The number of hydrogen-bond donors (Lipinski definition) is 0. The van der Waals surface area contributed by atoms with E-state index in [0.717, 1.165) is 30.8 Å². The summed E-state index contributed by atoms with van der Waals surface area (Å²) in [4.78, 5) is 15.0. The van der Waals surface area contributed by atoms with Crippen LogP contribution >= 0.6 is 0 Å². The van der Waals surface area contributed by atoms with Gasteiger partial charge in [0, 0.05) is 30.4 Å². The summed E-state index contributed by atoms with van der Waals surface area (Å²) < 4.78 is 5.37. The minimum Gasteiger partial charge on any atom is -0.461 e. The lowest BCUT2D eigenvalue weighted by atomic mass is 9.93. The van der Waals surface area contributed by atoms with Crippen LogP contribution in [0.25, 0.3) is 11.0 Å². The zero-order valence-corrected chi connectivity index (χ0v) is 18.6. The van der Waals surface area contributed by atoms with Crippen molar-refractivity contribution in [3.05, 3.63) is 71.5 Å². The van der Waals surface area contributed by atoms with Gasteiger partial charge in [0.1, 0.15) is 11.3 Å². The van der Waals surface area contributed by atoms with Gasteiger partial charge >= 0.3 is 0 Å². The van der Waals surface area contributed by atoms with Gasteiger partial charge in [0.15, 0.2) is 0 Å². The molecule has 156 valence electrons. The summed E-state index contributed by atoms with van der Waals surface area (Å²) >= 11 is 0. The lowest BCUT2D eigenvalue weighted by molar-refractivity contribution is -0.117. The van der Waals surface area contributed by atoms with Gasteiger partial charge in [-0.25, -0.2) is 0 Å². The molecule has 1 amide bonds. The Hall–Kier alpha value is -2.59. The van der Waals surface area contributed by atoms with Crippen molar-refractivity contribution in [3.8, 4) is 0 Å². The Balaban J connectivity index is 0.000000212. The summed E-state index contributed by atoms with van der Waals surface area (Å²) in [6.45, 7) is 9.71. The predicted octanol–water partition coefficient (Wildman–Crippen LogP) is 5.25. The van der Waals surface area contributed by atoms with Gasteiger partial charge in [-0.2, -0.15) is 0 Å². The number of rotatable bonds is 3. The second kappa shape index (κ2) is 10.8. The third-order valence-electron chi connectivity index (χ3n) is 5.18. The molecule has 4 heteroatoms. The molecule has 2 heterocycles. The zero-order valence-electron chi connectivity index (χ0n) is 18.6. The summed E-state index contributed by atoms with van der Waals surface area (Å²) in [6.07, 6.45) is 0.963. The molecule has 1 saturated heterocycles. The third-order valence-corrected chi connectivity index (χ3v) is 5.18. The minimum atomic E-state index is 0.419. The average Bonchev–Trinajstić information content (AvgIpc) is 3.33. The number of aryl methyl sites for hydroxylation is 2. The van der Waals surface area contributed by atoms with Crippen LogP contribution in [0, 0.1) is 13.8 Å². The Kier molecular flexibility index (Phi) is 8.47. The standard InChI is InChI=1S/C14H20N2O.C9H8O.C2H6/c1-11-4-6-12(7-5-11)13-8-16(10-17)9-14(13)15(2)3;1-7-6-8-4-2-3-5-9(8)10-7;1-2/h4-7,10,13-14H,8-9H2,1-3H3;2-6H,1H3;1-2H3. The fraction of sp³-hybridized carbons (Fsp3) is 0.400. The van der Waals surface area contributed by atoms with Crippen LogP contribution in [0.15, 0.2) is 59.0 Å². The topological polar surface area (TPSA) is 36.7 Å². The number of amides is 1. The monoisotopic (exact) mass is 394 g/mol. The first-order valence-corrected chi connectivity index (χ1v) is 10.4. The largest absolute Gasteiger partial charge is 0.461 e. The van der Waals surface area contributed by atoms with Gasteiger partial charge in [0.2, 0.25) is 6.41 Å². The maximum Gasteiger partial charge on any atom is 0.209 e. The molecule has 0 radical (unpaired) electrons. The highest BCUT2D eigenvalue weighted by Crippen LogP contribution is 2.29. The van der Waals surface area contributed by atoms with Gasteiger partial charge in [-0.05, 0) is 45.6 Å². The van der Waals surface area contributed by atoms with E-state index in [1.807, 2.05) is 56.0 Å². The molecule has 2 unspecified atom stereocenters. The van der Waals surface area contributed by atoms with E-state index >= 15 is 0 Å². The molecule has 4 rings (SSSR count). The predicted molar refractivity (Wildman–Crippen MR) is 121 cm³/mol. The maximum atomic E-state index is 10.9. The van der Waals surface area contributed by atoms with E-state index < -0.39 is 0 Å². The molecule has 0 N–H and O–H groups in total. The van der Waals surface area contributed by atoms with E-state index in [1.54, 1.807) is 0 Å². The Bertz CT molecular complexity index is 850. The number of para-hydroxylation sites is 1. The first-order chi connectivity index (χ1) is 14.0. The molecule has 1 aliphatic rings. The number of nitrogens with zero attached hydrogens (tertiary/aromatic N) is 2. The van der Waals surface area contributed by atoms with Gasteiger partial charge in [0.25, 0.3) is 0 Å². The van der Waals surface area contributed by atoms with Crippen LogP contribution in [0.2, 0.25) is 0 Å². The molecular weight excluding hydrogens is 360 g/mol. The number of carbonyl (C=O) groups is 1. The molecule has 0 bridgehead atoms. The second-order valence-corrected chi connectivity index (χ2v) is 7.50. The molecule has 1 aromatic heterocycles. The molecule has 0 spiro atoms. The molecule has 4 nitrogen and oxygen atoms in total. The Morgan fingerprint density at radius 1 is 1.00 bits per heavy atom. The average molecular weight is 395 g/mol. The third kappa shape index (κ3) is 5.94. The molecular formula is C25H34N2O2. The summed E-state index contributed by atoms with van der Waals surface area (Å²) in [5.41, 5.74) is 3.58. The highest BCUT2D eigenvalue weighted by molar-refractivity contribution is 5.77. The van der Waals surface area contributed by atoms with E-state index in [4.69, 9.17) is 4.42 Å².